The third-order valence-electron chi connectivity index (χ3n) is 5.31. The third-order valence-corrected chi connectivity index (χ3v) is 5.31. The molecule has 3 heterocycles. The second-order valence-electron chi connectivity index (χ2n) is 7.28. The van der Waals surface area contributed by atoms with Gasteiger partial charge in [-0.3, -0.25) is 4.98 Å². The fourth-order valence-electron chi connectivity index (χ4n) is 3.75. The SMILES string of the molecule is Nc1cc2c(Nc3ccnc(-c4ccccc4F)c3)ncnc2cc1N1CCOCC1. The molecule has 2 aromatic heterocycles. The van der Waals surface area contributed by atoms with Gasteiger partial charge >= 0.3 is 0 Å². The zero-order valence-corrected chi connectivity index (χ0v) is 16.8. The van der Waals surface area contributed by atoms with Gasteiger partial charge in [0.2, 0.25) is 0 Å². The molecule has 0 aliphatic carbocycles. The highest BCUT2D eigenvalue weighted by atomic mass is 19.1. The number of nitrogen functional groups attached to an aromatic ring is 1. The molecule has 1 aliphatic heterocycles. The summed E-state index contributed by atoms with van der Waals surface area (Å²) in [6, 6.07) is 14.0. The van der Waals surface area contributed by atoms with E-state index >= 15 is 0 Å². The van der Waals surface area contributed by atoms with Crippen LogP contribution in [0, 0.1) is 5.82 Å². The molecular formula is C23H21FN6O. The average Bonchev–Trinajstić information content (AvgIpc) is 2.80. The van der Waals surface area contributed by atoms with Crippen LogP contribution < -0.4 is 16.0 Å². The van der Waals surface area contributed by atoms with Crippen molar-refractivity contribution in [1.82, 2.24) is 15.0 Å². The molecule has 5 rings (SSSR count). The number of morpholine rings is 1. The van der Waals surface area contributed by atoms with Crippen LogP contribution in [0.5, 0.6) is 0 Å². The van der Waals surface area contributed by atoms with Crippen molar-refractivity contribution in [2.75, 3.05) is 42.3 Å². The summed E-state index contributed by atoms with van der Waals surface area (Å²) < 4.78 is 19.6. The highest BCUT2D eigenvalue weighted by Crippen LogP contribution is 2.33. The number of aromatic nitrogens is 3. The van der Waals surface area contributed by atoms with Gasteiger partial charge in [0.1, 0.15) is 18.0 Å². The molecule has 7 nitrogen and oxygen atoms in total. The van der Waals surface area contributed by atoms with Gasteiger partial charge in [0.15, 0.2) is 0 Å². The Kier molecular flexibility index (Phi) is 5.05. The van der Waals surface area contributed by atoms with Crippen molar-refractivity contribution in [1.29, 1.82) is 0 Å². The van der Waals surface area contributed by atoms with E-state index in [4.69, 9.17) is 10.5 Å². The van der Waals surface area contributed by atoms with Gasteiger partial charge in [0.25, 0.3) is 0 Å². The Morgan fingerprint density at radius 1 is 1.00 bits per heavy atom. The summed E-state index contributed by atoms with van der Waals surface area (Å²) in [6.07, 6.45) is 3.15. The second-order valence-corrected chi connectivity index (χ2v) is 7.28. The van der Waals surface area contributed by atoms with E-state index in [2.05, 4.69) is 25.2 Å². The second kappa shape index (κ2) is 8.16. The lowest BCUT2D eigenvalue weighted by Crippen LogP contribution is -2.36. The number of halogens is 1. The molecule has 156 valence electrons. The number of nitrogens with one attached hydrogen (secondary N) is 1. The van der Waals surface area contributed by atoms with Crippen molar-refractivity contribution in [2.45, 2.75) is 0 Å². The third kappa shape index (κ3) is 3.85. The number of hydrogen-bond donors (Lipinski definition) is 2. The minimum absolute atomic E-state index is 0.317. The smallest absolute Gasteiger partial charge is 0.141 e. The van der Waals surface area contributed by atoms with Gasteiger partial charge in [-0.15, -0.1) is 0 Å². The van der Waals surface area contributed by atoms with E-state index in [1.807, 2.05) is 18.2 Å². The molecule has 1 saturated heterocycles. The Labute approximate surface area is 178 Å². The molecule has 1 fully saturated rings. The topological polar surface area (TPSA) is 89.2 Å². The summed E-state index contributed by atoms with van der Waals surface area (Å²) in [5, 5.41) is 4.11. The fourth-order valence-corrected chi connectivity index (χ4v) is 3.75. The van der Waals surface area contributed by atoms with Gasteiger partial charge in [-0.05, 0) is 36.4 Å². The summed E-state index contributed by atoms with van der Waals surface area (Å²) in [5.74, 6) is 0.305. The molecule has 2 aromatic carbocycles. The fraction of sp³-hybridized carbons (Fsp3) is 0.174. The zero-order valence-electron chi connectivity index (χ0n) is 16.8. The van der Waals surface area contributed by atoms with E-state index in [0.717, 1.165) is 35.4 Å². The molecule has 0 radical (unpaired) electrons. The number of hydrogen-bond acceptors (Lipinski definition) is 7. The lowest BCUT2D eigenvalue weighted by atomic mass is 10.1. The van der Waals surface area contributed by atoms with Crippen molar-refractivity contribution < 1.29 is 9.13 Å². The van der Waals surface area contributed by atoms with Gasteiger partial charge in [0.05, 0.1) is 35.8 Å². The first-order valence-corrected chi connectivity index (χ1v) is 10.0. The predicted molar refractivity (Wildman–Crippen MR) is 120 cm³/mol. The Bertz CT molecular complexity index is 1240. The lowest BCUT2D eigenvalue weighted by Gasteiger charge is -2.30. The molecule has 8 heteroatoms. The van der Waals surface area contributed by atoms with Crippen LogP contribution in [-0.4, -0.2) is 41.3 Å². The number of anilines is 4. The van der Waals surface area contributed by atoms with E-state index in [0.29, 0.717) is 36.0 Å². The monoisotopic (exact) mass is 416 g/mol. The molecule has 0 unspecified atom stereocenters. The summed E-state index contributed by atoms with van der Waals surface area (Å²) in [7, 11) is 0. The van der Waals surface area contributed by atoms with Gasteiger partial charge < -0.3 is 20.7 Å². The summed E-state index contributed by atoms with van der Waals surface area (Å²) in [4.78, 5) is 15.3. The van der Waals surface area contributed by atoms with Crippen LogP contribution in [0.25, 0.3) is 22.2 Å². The zero-order chi connectivity index (χ0) is 21.2. The molecule has 0 spiro atoms. The molecule has 4 aromatic rings. The molecule has 0 bridgehead atoms. The Hall–Kier alpha value is -3.78. The highest BCUT2D eigenvalue weighted by Gasteiger charge is 2.16. The molecule has 31 heavy (non-hydrogen) atoms. The van der Waals surface area contributed by atoms with Crippen LogP contribution in [0.3, 0.4) is 0 Å². The molecule has 0 atom stereocenters. The number of ether oxygens (including phenoxy) is 1. The predicted octanol–water partition coefficient (Wildman–Crippen LogP) is 3.99. The van der Waals surface area contributed by atoms with Crippen LogP contribution in [0.2, 0.25) is 0 Å². The largest absolute Gasteiger partial charge is 0.397 e. The van der Waals surface area contributed by atoms with E-state index in [9.17, 15) is 4.39 Å². The number of benzene rings is 2. The maximum absolute atomic E-state index is 14.2. The van der Waals surface area contributed by atoms with Crippen molar-refractivity contribution in [3.63, 3.8) is 0 Å². The maximum Gasteiger partial charge on any atom is 0.141 e. The standard InChI is InChI=1S/C23H21FN6O/c24-18-4-2-1-3-16(18)20-11-15(5-6-26-20)29-23-17-12-19(25)22(13-21(17)27-14-28-23)30-7-9-31-10-8-30/h1-6,11-14H,7-10,25H2,(H,26,27,28,29). The number of nitrogens with two attached hydrogens (primary N) is 1. The van der Waals surface area contributed by atoms with Crippen molar-refractivity contribution in [3.8, 4) is 11.3 Å². The summed E-state index contributed by atoms with van der Waals surface area (Å²) in [5.41, 5.74) is 10.5. The van der Waals surface area contributed by atoms with Crippen LogP contribution in [0.4, 0.5) is 27.3 Å². The van der Waals surface area contributed by atoms with E-state index in [-0.39, 0.29) is 5.82 Å². The quantitative estimate of drug-likeness (QED) is 0.486. The van der Waals surface area contributed by atoms with Crippen LogP contribution in [0.1, 0.15) is 0 Å². The van der Waals surface area contributed by atoms with Crippen molar-refractivity contribution in [3.05, 3.63) is 66.9 Å². The highest BCUT2D eigenvalue weighted by molar-refractivity contribution is 5.96. The average molecular weight is 416 g/mol. The van der Waals surface area contributed by atoms with Gasteiger partial charge in [-0.25, -0.2) is 14.4 Å². The Morgan fingerprint density at radius 3 is 2.68 bits per heavy atom. The number of rotatable bonds is 4. The van der Waals surface area contributed by atoms with Gasteiger partial charge in [-0.1, -0.05) is 12.1 Å². The number of nitrogens with zero attached hydrogens (tertiary/aromatic N) is 4. The minimum Gasteiger partial charge on any atom is -0.397 e. The normalized spacial score (nSPS) is 14.0. The number of fused-ring (bicyclic) bond motifs is 1. The molecule has 0 saturated carbocycles. The molecular weight excluding hydrogens is 395 g/mol. The van der Waals surface area contributed by atoms with E-state index in [1.54, 1.807) is 30.5 Å². The van der Waals surface area contributed by atoms with Crippen molar-refractivity contribution in [2.24, 2.45) is 0 Å². The Balaban J connectivity index is 1.49. The molecule has 3 N–H and O–H groups in total. The number of pyridine rings is 1. The van der Waals surface area contributed by atoms with Gasteiger partial charge in [-0.2, -0.15) is 0 Å². The lowest BCUT2D eigenvalue weighted by molar-refractivity contribution is 0.123. The first-order chi connectivity index (χ1) is 15.2. The first-order valence-electron chi connectivity index (χ1n) is 10.0. The van der Waals surface area contributed by atoms with Crippen LogP contribution in [-0.2, 0) is 4.74 Å². The van der Waals surface area contributed by atoms with Crippen LogP contribution in [0.15, 0.2) is 61.1 Å². The summed E-state index contributed by atoms with van der Waals surface area (Å²) in [6.45, 7) is 2.95. The van der Waals surface area contributed by atoms with E-state index < -0.39 is 0 Å². The van der Waals surface area contributed by atoms with E-state index in [1.165, 1.54) is 12.4 Å². The van der Waals surface area contributed by atoms with Crippen LogP contribution >= 0.6 is 0 Å². The molecule has 0 amide bonds. The Morgan fingerprint density at radius 2 is 1.84 bits per heavy atom. The molecule has 1 aliphatic rings. The van der Waals surface area contributed by atoms with Crippen molar-refractivity contribution >= 4 is 33.8 Å². The minimum atomic E-state index is -0.317. The maximum atomic E-state index is 14.2. The first kappa shape index (κ1) is 19.2. The van der Waals surface area contributed by atoms with Gasteiger partial charge in [0, 0.05) is 35.9 Å². The summed E-state index contributed by atoms with van der Waals surface area (Å²) >= 11 is 0.